The van der Waals surface area contributed by atoms with Crippen LogP contribution < -0.4 is 0 Å². The Morgan fingerprint density at radius 3 is 2.50 bits per heavy atom. The summed E-state index contributed by atoms with van der Waals surface area (Å²) in [4.78, 5) is 37.8. The number of hydrogen-bond acceptors (Lipinski definition) is 5. The molecule has 8 atom stereocenters. The number of methoxy groups -OCH3 is 1. The molecule has 0 heterocycles. The Balaban J connectivity index is 1.50. The van der Waals surface area contributed by atoms with Crippen LogP contribution in [0.4, 0.5) is 0 Å². The molecule has 4 aliphatic rings. The molecule has 0 N–H and O–H groups in total. The van der Waals surface area contributed by atoms with Crippen LogP contribution in [-0.2, 0) is 23.9 Å². The first-order chi connectivity index (χ1) is 13.3. The molecule has 4 fully saturated rings. The topological polar surface area (TPSA) is 69.7 Å². The van der Waals surface area contributed by atoms with E-state index in [4.69, 9.17) is 9.47 Å². The van der Waals surface area contributed by atoms with Crippen molar-refractivity contribution >= 4 is 17.7 Å². The second-order valence-corrected chi connectivity index (χ2v) is 10.2. The smallest absolute Gasteiger partial charge is 0.315 e. The first kappa shape index (κ1) is 19.9. The van der Waals surface area contributed by atoms with Crippen molar-refractivity contribution in [2.45, 2.75) is 78.2 Å². The van der Waals surface area contributed by atoms with Gasteiger partial charge in [0.1, 0.15) is 17.3 Å². The van der Waals surface area contributed by atoms with Crippen molar-refractivity contribution in [1.82, 2.24) is 0 Å². The number of Topliss-reactive ketones (excluding diaryl/α,β-unsaturated/α-hetero) is 1. The standard InChI is InChI=1S/C23H34O5/c1-5-6-7-8-9-10-15(25)28-20-18-13(11-23(20,3)21(26)27-4)16-17-14(24)12-22(18,2)19(16)17/h13,16-20H,5-12H2,1-4H3/t13-,16?,17?,18+,19+,20-,22+,23-/m1/s1. The van der Waals surface area contributed by atoms with Crippen molar-refractivity contribution in [2.75, 3.05) is 7.11 Å². The van der Waals surface area contributed by atoms with E-state index in [1.807, 2.05) is 6.92 Å². The molecule has 0 aliphatic heterocycles. The van der Waals surface area contributed by atoms with E-state index >= 15 is 0 Å². The van der Waals surface area contributed by atoms with Gasteiger partial charge in [-0.2, -0.15) is 0 Å². The molecule has 4 aliphatic carbocycles. The van der Waals surface area contributed by atoms with Crippen molar-refractivity contribution in [3.63, 3.8) is 0 Å². The Hall–Kier alpha value is -1.39. The Bertz CT molecular complexity index is 686. The number of rotatable bonds is 8. The van der Waals surface area contributed by atoms with Crippen LogP contribution in [0.3, 0.4) is 0 Å². The van der Waals surface area contributed by atoms with Crippen LogP contribution in [0.1, 0.15) is 72.1 Å². The first-order valence-electron chi connectivity index (χ1n) is 11.1. The molecule has 5 nitrogen and oxygen atoms in total. The lowest BCUT2D eigenvalue weighted by molar-refractivity contribution is -0.172. The molecule has 156 valence electrons. The average molecular weight is 391 g/mol. The lowest BCUT2D eigenvalue weighted by Gasteiger charge is -2.38. The van der Waals surface area contributed by atoms with Gasteiger partial charge in [0, 0.05) is 24.7 Å². The quantitative estimate of drug-likeness (QED) is 0.464. The van der Waals surface area contributed by atoms with E-state index in [-0.39, 0.29) is 35.1 Å². The SMILES string of the molecule is CCCCCCCC(=O)O[C@@H]1[C@@H]2[C@H](C[C@@]1(C)C(=O)OC)C1C3C(=O)C[C@]2(C)[C@H]31. The van der Waals surface area contributed by atoms with E-state index in [1.165, 1.54) is 20.0 Å². The van der Waals surface area contributed by atoms with Gasteiger partial charge in [0.05, 0.1) is 7.11 Å². The Kier molecular flexibility index (Phi) is 4.86. The molecule has 0 saturated heterocycles. The third-order valence-electron chi connectivity index (χ3n) is 8.49. The number of ether oxygens (including phenoxy) is 2. The molecule has 4 rings (SSSR count). The monoisotopic (exact) mass is 390 g/mol. The van der Waals surface area contributed by atoms with E-state index in [2.05, 4.69) is 13.8 Å². The summed E-state index contributed by atoms with van der Waals surface area (Å²) in [6.07, 6.45) is 6.54. The zero-order chi connectivity index (χ0) is 20.3. The number of unbranched alkanes of at least 4 members (excludes halogenated alkanes) is 4. The number of ketones is 1. The Morgan fingerprint density at radius 1 is 1.11 bits per heavy atom. The highest BCUT2D eigenvalue weighted by molar-refractivity contribution is 5.90. The highest BCUT2D eigenvalue weighted by atomic mass is 16.6. The van der Waals surface area contributed by atoms with E-state index in [0.717, 1.165) is 19.3 Å². The molecule has 0 aromatic carbocycles. The van der Waals surface area contributed by atoms with Crippen molar-refractivity contribution in [2.24, 2.45) is 40.4 Å². The fourth-order valence-electron chi connectivity index (χ4n) is 7.36. The van der Waals surface area contributed by atoms with E-state index in [0.29, 0.717) is 36.9 Å². The minimum absolute atomic E-state index is 0.0957. The third-order valence-corrected chi connectivity index (χ3v) is 8.49. The normalized spacial score (nSPS) is 44.9. The van der Waals surface area contributed by atoms with Crippen molar-refractivity contribution < 1.29 is 23.9 Å². The van der Waals surface area contributed by atoms with Gasteiger partial charge in [-0.1, -0.05) is 39.5 Å². The lowest BCUT2D eigenvalue weighted by atomic mass is 9.71. The van der Waals surface area contributed by atoms with Gasteiger partial charge in [0.2, 0.25) is 0 Å². The molecule has 0 aromatic heterocycles. The van der Waals surface area contributed by atoms with Crippen LogP contribution in [0.5, 0.6) is 0 Å². The van der Waals surface area contributed by atoms with Crippen LogP contribution in [0.2, 0.25) is 0 Å². The fraction of sp³-hybridized carbons (Fsp3) is 0.870. The largest absolute Gasteiger partial charge is 0.468 e. The molecular weight excluding hydrogens is 356 g/mol. The molecule has 2 unspecified atom stereocenters. The van der Waals surface area contributed by atoms with Crippen LogP contribution in [0, 0.1) is 40.4 Å². The van der Waals surface area contributed by atoms with E-state index in [1.54, 1.807) is 0 Å². The highest BCUT2D eigenvalue weighted by Gasteiger charge is 2.83. The second-order valence-electron chi connectivity index (χ2n) is 10.2. The zero-order valence-electron chi connectivity index (χ0n) is 17.7. The van der Waals surface area contributed by atoms with Gasteiger partial charge in [-0.05, 0) is 42.9 Å². The average Bonchev–Trinajstić information content (AvgIpc) is 3.21. The first-order valence-corrected chi connectivity index (χ1v) is 11.1. The molecule has 0 bridgehead atoms. The number of carbonyl (C=O) groups is 3. The molecule has 4 saturated carbocycles. The van der Waals surface area contributed by atoms with Gasteiger partial charge in [0.15, 0.2) is 0 Å². The second kappa shape index (κ2) is 6.84. The van der Waals surface area contributed by atoms with Gasteiger partial charge < -0.3 is 9.47 Å². The minimum atomic E-state index is -0.804. The van der Waals surface area contributed by atoms with Gasteiger partial charge in [-0.25, -0.2) is 0 Å². The van der Waals surface area contributed by atoms with Gasteiger partial charge in [-0.3, -0.25) is 14.4 Å². The lowest BCUT2D eigenvalue weighted by Crippen LogP contribution is -2.46. The Morgan fingerprint density at radius 2 is 1.82 bits per heavy atom. The number of hydrogen-bond donors (Lipinski definition) is 0. The molecule has 0 radical (unpaired) electrons. The maximum absolute atomic E-state index is 12.7. The maximum atomic E-state index is 12.7. The number of esters is 2. The van der Waals surface area contributed by atoms with Crippen LogP contribution in [0.15, 0.2) is 0 Å². The van der Waals surface area contributed by atoms with Crippen molar-refractivity contribution in [3.8, 4) is 0 Å². The Labute approximate surface area is 167 Å². The summed E-state index contributed by atoms with van der Waals surface area (Å²) >= 11 is 0. The molecular formula is C23H34O5. The molecule has 5 heteroatoms. The van der Waals surface area contributed by atoms with Crippen LogP contribution in [-0.4, -0.2) is 30.9 Å². The van der Waals surface area contributed by atoms with Gasteiger partial charge in [-0.15, -0.1) is 0 Å². The third kappa shape index (κ3) is 2.68. The summed E-state index contributed by atoms with van der Waals surface area (Å²) in [5, 5.41) is 0. The van der Waals surface area contributed by atoms with Crippen LogP contribution >= 0.6 is 0 Å². The highest BCUT2D eigenvalue weighted by Crippen LogP contribution is 2.81. The predicted molar refractivity (Wildman–Crippen MR) is 103 cm³/mol. The van der Waals surface area contributed by atoms with E-state index < -0.39 is 11.5 Å². The maximum Gasteiger partial charge on any atom is 0.315 e. The summed E-state index contributed by atoms with van der Waals surface area (Å²) in [5.74, 6) is 1.29. The van der Waals surface area contributed by atoms with Crippen LogP contribution in [0.25, 0.3) is 0 Å². The van der Waals surface area contributed by atoms with E-state index in [9.17, 15) is 14.4 Å². The molecule has 0 amide bonds. The van der Waals surface area contributed by atoms with Crippen molar-refractivity contribution in [3.05, 3.63) is 0 Å². The summed E-state index contributed by atoms with van der Waals surface area (Å²) in [6, 6.07) is 0. The van der Waals surface area contributed by atoms with Gasteiger partial charge >= 0.3 is 11.9 Å². The summed E-state index contributed by atoms with van der Waals surface area (Å²) < 4.78 is 11.2. The summed E-state index contributed by atoms with van der Waals surface area (Å²) in [7, 11) is 1.41. The van der Waals surface area contributed by atoms with Gasteiger partial charge in [0.25, 0.3) is 0 Å². The minimum Gasteiger partial charge on any atom is -0.468 e. The number of carbonyl (C=O) groups excluding carboxylic acids is 3. The zero-order valence-corrected chi connectivity index (χ0v) is 17.7. The molecule has 28 heavy (non-hydrogen) atoms. The summed E-state index contributed by atoms with van der Waals surface area (Å²) in [6.45, 7) is 6.25. The summed E-state index contributed by atoms with van der Waals surface area (Å²) in [5.41, 5.74) is -0.934. The molecule has 0 spiro atoms. The predicted octanol–water partition coefficient (Wildman–Crippen LogP) is 3.93. The molecule has 0 aromatic rings. The fourth-order valence-corrected chi connectivity index (χ4v) is 7.36. The van der Waals surface area contributed by atoms with Crippen molar-refractivity contribution in [1.29, 1.82) is 0 Å². The number of fused-ring (bicyclic) bond motifs is 4.